The Balaban J connectivity index is 2.12. The van der Waals surface area contributed by atoms with E-state index in [1.807, 2.05) is 0 Å². The minimum atomic E-state index is -0.270. The van der Waals surface area contributed by atoms with Crippen molar-refractivity contribution in [1.29, 1.82) is 0 Å². The fourth-order valence-corrected chi connectivity index (χ4v) is 1.20. The first-order valence-electron chi connectivity index (χ1n) is 4.66. The molecule has 1 amide bonds. The van der Waals surface area contributed by atoms with Gasteiger partial charge in [0.15, 0.2) is 12.4 Å². The molecule has 0 aliphatic heterocycles. The van der Waals surface area contributed by atoms with Gasteiger partial charge in [-0.2, -0.15) is 4.73 Å². The summed E-state index contributed by atoms with van der Waals surface area (Å²) >= 11 is 0. The first-order chi connectivity index (χ1) is 7.75. The van der Waals surface area contributed by atoms with Crippen LogP contribution in [0.2, 0.25) is 0 Å². The van der Waals surface area contributed by atoms with Crippen molar-refractivity contribution in [2.45, 2.75) is 0 Å². The topological polar surface area (TPSA) is 68.9 Å². The molecule has 0 atom stereocenters. The van der Waals surface area contributed by atoms with E-state index in [9.17, 15) is 10.0 Å². The Kier molecular flexibility index (Phi) is 2.77. The van der Waals surface area contributed by atoms with E-state index in [0.717, 1.165) is 0 Å². The standard InChI is InChI=1S/C11H9N3O2/c15-11(9-3-6-14(16)7-4-9)13-10-2-1-5-12-8-10/h1-8H,(H,13,15). The van der Waals surface area contributed by atoms with E-state index >= 15 is 0 Å². The van der Waals surface area contributed by atoms with Gasteiger partial charge in [0.2, 0.25) is 0 Å². The predicted octanol–water partition coefficient (Wildman–Crippen LogP) is 0.967. The van der Waals surface area contributed by atoms with Crippen molar-refractivity contribution in [2.24, 2.45) is 0 Å². The summed E-state index contributed by atoms with van der Waals surface area (Å²) in [6.07, 6.45) is 5.73. The molecule has 1 N–H and O–H groups in total. The molecule has 0 aliphatic rings. The van der Waals surface area contributed by atoms with Crippen LogP contribution in [0.15, 0.2) is 49.1 Å². The van der Waals surface area contributed by atoms with E-state index in [-0.39, 0.29) is 5.91 Å². The smallest absolute Gasteiger partial charge is 0.256 e. The Morgan fingerprint density at radius 2 is 2.06 bits per heavy atom. The van der Waals surface area contributed by atoms with Crippen molar-refractivity contribution in [3.63, 3.8) is 0 Å². The van der Waals surface area contributed by atoms with Gasteiger partial charge in [-0.15, -0.1) is 0 Å². The van der Waals surface area contributed by atoms with Crippen molar-refractivity contribution < 1.29 is 9.52 Å². The Morgan fingerprint density at radius 1 is 1.31 bits per heavy atom. The molecule has 0 unspecified atom stereocenters. The van der Waals surface area contributed by atoms with E-state index in [4.69, 9.17) is 0 Å². The predicted molar refractivity (Wildman–Crippen MR) is 57.6 cm³/mol. The van der Waals surface area contributed by atoms with Gasteiger partial charge < -0.3 is 10.5 Å². The molecule has 0 fully saturated rings. The number of anilines is 1. The molecule has 2 aromatic rings. The third-order valence-electron chi connectivity index (χ3n) is 1.98. The highest BCUT2D eigenvalue weighted by Gasteiger charge is 2.06. The second kappa shape index (κ2) is 4.39. The minimum absolute atomic E-state index is 0.270. The molecule has 0 saturated carbocycles. The van der Waals surface area contributed by atoms with Gasteiger partial charge in [0.05, 0.1) is 17.4 Å². The van der Waals surface area contributed by atoms with Crippen molar-refractivity contribution >= 4 is 11.6 Å². The number of nitrogens with zero attached hydrogens (tertiary/aromatic N) is 2. The van der Waals surface area contributed by atoms with Gasteiger partial charge in [0.25, 0.3) is 5.91 Å². The van der Waals surface area contributed by atoms with Gasteiger partial charge in [-0.1, -0.05) is 0 Å². The molecule has 2 heterocycles. The third-order valence-corrected chi connectivity index (χ3v) is 1.98. The molecule has 5 heteroatoms. The minimum Gasteiger partial charge on any atom is -0.619 e. The summed E-state index contributed by atoms with van der Waals surface area (Å²) in [7, 11) is 0. The normalized spacial score (nSPS) is 9.75. The molecule has 0 bridgehead atoms. The molecule has 2 aromatic heterocycles. The van der Waals surface area contributed by atoms with E-state index in [1.165, 1.54) is 24.5 Å². The molecule has 0 aromatic carbocycles. The molecular weight excluding hydrogens is 206 g/mol. The van der Waals surface area contributed by atoms with Crippen LogP contribution in [0.4, 0.5) is 5.69 Å². The molecule has 16 heavy (non-hydrogen) atoms. The number of amides is 1. The van der Waals surface area contributed by atoms with Gasteiger partial charge in [0.1, 0.15) is 0 Å². The summed E-state index contributed by atoms with van der Waals surface area (Å²) in [6.45, 7) is 0. The van der Waals surface area contributed by atoms with E-state index < -0.39 is 0 Å². The summed E-state index contributed by atoms with van der Waals surface area (Å²) in [4.78, 5) is 15.6. The first kappa shape index (κ1) is 10.1. The van der Waals surface area contributed by atoms with Crippen molar-refractivity contribution in [3.8, 4) is 0 Å². The Bertz CT molecular complexity index is 482. The van der Waals surface area contributed by atoms with E-state index in [2.05, 4.69) is 10.3 Å². The second-order valence-corrected chi connectivity index (χ2v) is 3.14. The number of rotatable bonds is 2. The molecule has 0 spiro atoms. The van der Waals surface area contributed by atoms with Crippen LogP contribution in [0.25, 0.3) is 0 Å². The lowest BCUT2D eigenvalue weighted by atomic mass is 10.2. The maximum Gasteiger partial charge on any atom is 0.256 e. The molecule has 0 aliphatic carbocycles. The van der Waals surface area contributed by atoms with Gasteiger partial charge >= 0.3 is 0 Å². The molecule has 80 valence electrons. The molecule has 5 nitrogen and oxygen atoms in total. The third kappa shape index (κ3) is 2.33. The molecular formula is C11H9N3O2. The van der Waals surface area contributed by atoms with Crippen LogP contribution in [-0.4, -0.2) is 10.9 Å². The summed E-state index contributed by atoms with van der Waals surface area (Å²) in [5.41, 5.74) is 1.04. The fraction of sp³-hybridized carbons (Fsp3) is 0. The van der Waals surface area contributed by atoms with Crippen LogP contribution in [-0.2, 0) is 0 Å². The Hall–Kier alpha value is -2.43. The van der Waals surface area contributed by atoms with Crippen LogP contribution >= 0.6 is 0 Å². The first-order valence-corrected chi connectivity index (χ1v) is 4.66. The zero-order valence-electron chi connectivity index (χ0n) is 8.33. The molecule has 0 saturated heterocycles. The lowest BCUT2D eigenvalue weighted by molar-refractivity contribution is -0.605. The number of pyridine rings is 2. The number of hydrogen-bond acceptors (Lipinski definition) is 3. The highest BCUT2D eigenvalue weighted by atomic mass is 16.5. The van der Waals surface area contributed by atoms with Gasteiger partial charge in [-0.05, 0) is 12.1 Å². The number of carbonyl (C=O) groups is 1. The number of nitrogens with one attached hydrogen (secondary N) is 1. The Labute approximate surface area is 92.0 Å². The lowest BCUT2D eigenvalue weighted by Crippen LogP contribution is -2.25. The van der Waals surface area contributed by atoms with Gasteiger partial charge in [0, 0.05) is 18.3 Å². The largest absolute Gasteiger partial charge is 0.619 e. The maximum atomic E-state index is 11.7. The average Bonchev–Trinajstić information content (AvgIpc) is 2.31. The van der Waals surface area contributed by atoms with Crippen molar-refractivity contribution in [1.82, 2.24) is 4.98 Å². The van der Waals surface area contributed by atoms with Crippen LogP contribution in [0, 0.1) is 5.21 Å². The van der Waals surface area contributed by atoms with Crippen molar-refractivity contribution in [3.05, 3.63) is 59.8 Å². The van der Waals surface area contributed by atoms with E-state index in [0.29, 0.717) is 16.0 Å². The van der Waals surface area contributed by atoms with Crippen molar-refractivity contribution in [2.75, 3.05) is 5.32 Å². The summed E-state index contributed by atoms with van der Waals surface area (Å²) in [5, 5.41) is 13.4. The van der Waals surface area contributed by atoms with Gasteiger partial charge in [-0.25, -0.2) is 0 Å². The number of carbonyl (C=O) groups excluding carboxylic acids is 1. The summed E-state index contributed by atoms with van der Waals surface area (Å²) in [6, 6.07) is 6.38. The Morgan fingerprint density at radius 3 is 2.69 bits per heavy atom. The molecule has 2 rings (SSSR count). The van der Waals surface area contributed by atoms with Gasteiger partial charge in [-0.3, -0.25) is 9.78 Å². The zero-order valence-corrected chi connectivity index (χ0v) is 8.33. The maximum absolute atomic E-state index is 11.7. The van der Waals surface area contributed by atoms with E-state index in [1.54, 1.807) is 24.5 Å². The van der Waals surface area contributed by atoms with Crippen LogP contribution in [0.1, 0.15) is 10.4 Å². The number of hydrogen-bond donors (Lipinski definition) is 1. The fourth-order valence-electron chi connectivity index (χ4n) is 1.20. The number of aromatic nitrogens is 2. The highest BCUT2D eigenvalue weighted by molar-refractivity contribution is 6.03. The zero-order chi connectivity index (χ0) is 11.4. The quantitative estimate of drug-likeness (QED) is 0.599. The summed E-state index contributed by atoms with van der Waals surface area (Å²) < 4.78 is 0.626. The lowest BCUT2D eigenvalue weighted by Gasteiger charge is -2.03. The van der Waals surface area contributed by atoms with Crippen LogP contribution in [0.5, 0.6) is 0 Å². The second-order valence-electron chi connectivity index (χ2n) is 3.14. The SMILES string of the molecule is O=C(Nc1cccnc1)c1cc[n+]([O-])cc1. The monoisotopic (exact) mass is 215 g/mol. The van der Waals surface area contributed by atoms with Crippen LogP contribution in [0.3, 0.4) is 0 Å². The molecule has 0 radical (unpaired) electrons. The van der Waals surface area contributed by atoms with Crippen LogP contribution < -0.4 is 10.0 Å². The average molecular weight is 215 g/mol. The highest BCUT2D eigenvalue weighted by Crippen LogP contribution is 2.05. The summed E-state index contributed by atoms with van der Waals surface area (Å²) in [5.74, 6) is -0.270.